The van der Waals surface area contributed by atoms with E-state index >= 15 is 0 Å². The van der Waals surface area contributed by atoms with Crippen LogP contribution in [0.4, 0.5) is 4.39 Å². The van der Waals surface area contributed by atoms with Crippen LogP contribution < -0.4 is 0 Å². The summed E-state index contributed by atoms with van der Waals surface area (Å²) in [6.45, 7) is 3.36. The van der Waals surface area contributed by atoms with Crippen LogP contribution in [-0.2, 0) is 0 Å². The first kappa shape index (κ1) is 7.97. The van der Waals surface area contributed by atoms with Crippen LogP contribution in [-0.4, -0.2) is 21.8 Å². The molecule has 0 atom stereocenters. The molecule has 0 unspecified atom stereocenters. The molecule has 0 N–H and O–H groups in total. The largest absolute Gasteiger partial charge is 0.356 e. The number of hydrogen-bond acceptors (Lipinski definition) is 2. The Balaban J connectivity index is 2.66. The van der Waals surface area contributed by atoms with E-state index in [-0.39, 0.29) is 5.83 Å². The Hall–Kier alpha value is -0.130. The van der Waals surface area contributed by atoms with Gasteiger partial charge in [0.2, 0.25) is 0 Å². The maximum Gasteiger partial charge on any atom is 0.170 e. The third kappa shape index (κ3) is 1.68. The number of nitrogens with zero attached hydrogens (tertiary/aromatic N) is 2. The van der Waals surface area contributed by atoms with Crippen LogP contribution in [0.5, 0.6) is 0 Å². The van der Waals surface area contributed by atoms with Gasteiger partial charge in [-0.05, 0) is 29.5 Å². The molecule has 1 heterocycles. The molecule has 0 spiro atoms. The van der Waals surface area contributed by atoms with E-state index in [1.807, 2.05) is 34.4 Å². The Labute approximate surface area is 73.0 Å². The molecule has 0 fully saturated rings. The van der Waals surface area contributed by atoms with Gasteiger partial charge in [-0.25, -0.2) is 4.39 Å². The number of allylic oxidation sites excluding steroid dienone is 1. The first-order valence-corrected chi connectivity index (χ1v) is 4.13. The van der Waals surface area contributed by atoms with Gasteiger partial charge in [-0.1, -0.05) is 0 Å². The fraction of sp³-hybridized carbons (Fsp3) is 0.500. The van der Waals surface area contributed by atoms with Gasteiger partial charge in [-0.3, -0.25) is 4.99 Å². The molecule has 4 heteroatoms. The molecule has 0 aromatic rings. The smallest absolute Gasteiger partial charge is 0.170 e. The Kier molecular flexibility index (Phi) is 2.64. The second-order valence-electron chi connectivity index (χ2n) is 1.97. The summed E-state index contributed by atoms with van der Waals surface area (Å²) >= 11 is 1.89. The maximum absolute atomic E-state index is 12.7. The SMILES string of the molecule is CCN1C=C(F)C(I)=NC1. The minimum Gasteiger partial charge on any atom is -0.356 e. The molecular weight excluding hydrogens is 246 g/mol. The fourth-order valence-electron chi connectivity index (χ4n) is 0.674. The van der Waals surface area contributed by atoms with Crippen LogP contribution in [0.1, 0.15) is 6.92 Å². The first-order valence-electron chi connectivity index (χ1n) is 3.05. The van der Waals surface area contributed by atoms with E-state index in [2.05, 4.69) is 4.99 Å². The van der Waals surface area contributed by atoms with E-state index < -0.39 is 0 Å². The van der Waals surface area contributed by atoms with E-state index in [4.69, 9.17) is 0 Å². The van der Waals surface area contributed by atoms with Gasteiger partial charge in [0, 0.05) is 12.7 Å². The van der Waals surface area contributed by atoms with Gasteiger partial charge in [-0.2, -0.15) is 0 Å². The highest BCUT2D eigenvalue weighted by molar-refractivity contribution is 14.1. The van der Waals surface area contributed by atoms with Crippen LogP contribution in [0, 0.1) is 0 Å². The topological polar surface area (TPSA) is 15.6 Å². The highest BCUT2D eigenvalue weighted by Gasteiger charge is 2.09. The lowest BCUT2D eigenvalue weighted by Crippen LogP contribution is -2.21. The van der Waals surface area contributed by atoms with Crippen molar-refractivity contribution >= 4 is 26.3 Å². The zero-order valence-corrected chi connectivity index (χ0v) is 7.80. The van der Waals surface area contributed by atoms with Gasteiger partial charge < -0.3 is 4.90 Å². The van der Waals surface area contributed by atoms with Crippen molar-refractivity contribution in [2.24, 2.45) is 4.99 Å². The van der Waals surface area contributed by atoms with Gasteiger partial charge in [0.15, 0.2) is 5.83 Å². The molecule has 0 radical (unpaired) electrons. The van der Waals surface area contributed by atoms with E-state index in [9.17, 15) is 4.39 Å². The second-order valence-corrected chi connectivity index (χ2v) is 2.99. The molecular formula is C6H8FIN2. The molecule has 1 rings (SSSR count). The fourth-order valence-corrected chi connectivity index (χ4v) is 0.966. The molecule has 0 amide bonds. The lowest BCUT2D eigenvalue weighted by atomic mass is 10.5. The van der Waals surface area contributed by atoms with Crippen LogP contribution in [0.3, 0.4) is 0 Å². The molecule has 0 aliphatic carbocycles. The summed E-state index contributed by atoms with van der Waals surface area (Å²) in [7, 11) is 0. The third-order valence-corrected chi connectivity index (χ3v) is 2.15. The summed E-state index contributed by atoms with van der Waals surface area (Å²) in [6.07, 6.45) is 1.49. The number of aliphatic imine (C=N–C) groups is 1. The average Bonchev–Trinajstić information content (AvgIpc) is 1.95. The van der Waals surface area contributed by atoms with Gasteiger partial charge in [0.05, 0.1) is 0 Å². The molecule has 1 aliphatic rings. The Morgan fingerprint density at radius 3 is 3.10 bits per heavy atom. The number of halogens is 2. The van der Waals surface area contributed by atoms with E-state index in [1.54, 1.807) is 0 Å². The number of rotatable bonds is 1. The molecule has 0 saturated heterocycles. The molecule has 2 nitrogen and oxygen atoms in total. The van der Waals surface area contributed by atoms with Crippen LogP contribution in [0.2, 0.25) is 0 Å². The summed E-state index contributed by atoms with van der Waals surface area (Å²) < 4.78 is 13.2. The van der Waals surface area contributed by atoms with Gasteiger partial charge in [-0.15, -0.1) is 0 Å². The van der Waals surface area contributed by atoms with Crippen LogP contribution >= 0.6 is 22.6 Å². The Morgan fingerprint density at radius 2 is 2.60 bits per heavy atom. The molecule has 0 saturated carbocycles. The third-order valence-electron chi connectivity index (χ3n) is 1.29. The Morgan fingerprint density at radius 1 is 1.90 bits per heavy atom. The van der Waals surface area contributed by atoms with Crippen LogP contribution in [0.25, 0.3) is 0 Å². The van der Waals surface area contributed by atoms with Crippen molar-refractivity contribution in [2.75, 3.05) is 13.2 Å². The quantitative estimate of drug-likeness (QED) is 0.653. The van der Waals surface area contributed by atoms with E-state index in [0.29, 0.717) is 10.4 Å². The maximum atomic E-state index is 12.7. The van der Waals surface area contributed by atoms with Crippen molar-refractivity contribution in [3.63, 3.8) is 0 Å². The summed E-state index contributed by atoms with van der Waals surface area (Å²) in [4.78, 5) is 5.77. The van der Waals surface area contributed by atoms with Crippen LogP contribution in [0.15, 0.2) is 17.0 Å². The predicted octanol–water partition coefficient (Wildman–Crippen LogP) is 1.92. The van der Waals surface area contributed by atoms with Crippen molar-refractivity contribution in [3.05, 3.63) is 12.0 Å². The minimum atomic E-state index is -0.228. The molecule has 0 bridgehead atoms. The average molecular weight is 254 g/mol. The molecule has 56 valence electrons. The zero-order valence-electron chi connectivity index (χ0n) is 5.64. The van der Waals surface area contributed by atoms with Crippen molar-refractivity contribution in [3.8, 4) is 0 Å². The summed E-state index contributed by atoms with van der Waals surface area (Å²) in [5.74, 6) is -0.228. The minimum absolute atomic E-state index is 0.228. The standard InChI is InChI=1S/C6H8FIN2/c1-2-10-3-5(7)6(8)9-4-10/h3H,2,4H2,1H3. The van der Waals surface area contributed by atoms with Crippen molar-refractivity contribution in [1.82, 2.24) is 4.90 Å². The summed E-state index contributed by atoms with van der Waals surface area (Å²) in [5, 5.41) is 0. The van der Waals surface area contributed by atoms with Gasteiger partial charge in [0.25, 0.3) is 0 Å². The van der Waals surface area contributed by atoms with E-state index in [0.717, 1.165) is 6.54 Å². The summed E-state index contributed by atoms with van der Waals surface area (Å²) in [5.41, 5.74) is 0. The van der Waals surface area contributed by atoms with Gasteiger partial charge in [0.1, 0.15) is 10.4 Å². The second kappa shape index (κ2) is 3.32. The van der Waals surface area contributed by atoms with Crippen molar-refractivity contribution < 1.29 is 4.39 Å². The highest BCUT2D eigenvalue weighted by atomic mass is 127. The monoisotopic (exact) mass is 254 g/mol. The molecule has 0 aromatic heterocycles. The van der Waals surface area contributed by atoms with E-state index in [1.165, 1.54) is 6.20 Å². The first-order chi connectivity index (χ1) is 4.74. The zero-order chi connectivity index (χ0) is 7.56. The normalized spacial score (nSPS) is 18.5. The Bertz CT molecular complexity index is 188. The summed E-state index contributed by atoms with van der Waals surface area (Å²) in [6, 6.07) is 0. The van der Waals surface area contributed by atoms with Crippen molar-refractivity contribution in [2.45, 2.75) is 6.92 Å². The lowest BCUT2D eigenvalue weighted by molar-refractivity contribution is 0.392. The number of hydrogen-bond donors (Lipinski definition) is 0. The molecule has 10 heavy (non-hydrogen) atoms. The van der Waals surface area contributed by atoms with Gasteiger partial charge >= 0.3 is 0 Å². The molecule has 1 aliphatic heterocycles. The highest BCUT2D eigenvalue weighted by Crippen LogP contribution is 2.13. The lowest BCUT2D eigenvalue weighted by Gasteiger charge is -2.18. The van der Waals surface area contributed by atoms with Crippen molar-refractivity contribution in [1.29, 1.82) is 0 Å². The molecule has 0 aromatic carbocycles. The predicted molar refractivity (Wildman–Crippen MR) is 47.9 cm³/mol.